The number of phenolic OH excluding ortho intramolecular Hbond substituents is 1. The second-order valence-electron chi connectivity index (χ2n) is 4.44. The van der Waals surface area contributed by atoms with Gasteiger partial charge in [-0.1, -0.05) is 11.6 Å². The Morgan fingerprint density at radius 2 is 1.90 bits per heavy atom. The van der Waals surface area contributed by atoms with Crippen LogP contribution in [0.4, 0.5) is 5.69 Å². The fourth-order valence-electron chi connectivity index (χ4n) is 1.94. The third-order valence-electron chi connectivity index (χ3n) is 2.94. The number of hydrogen-bond donors (Lipinski definition) is 2. The van der Waals surface area contributed by atoms with Crippen molar-refractivity contribution >= 4 is 17.3 Å². The first-order chi connectivity index (χ1) is 10.1. The molecule has 2 rings (SSSR count). The molecule has 0 fully saturated rings. The van der Waals surface area contributed by atoms with E-state index in [1.165, 1.54) is 0 Å². The Kier molecular flexibility index (Phi) is 5.17. The van der Waals surface area contributed by atoms with Crippen LogP contribution in [0.15, 0.2) is 36.4 Å². The van der Waals surface area contributed by atoms with Gasteiger partial charge < -0.3 is 19.9 Å². The lowest BCUT2D eigenvalue weighted by molar-refractivity contribution is 0.311. The topological polar surface area (TPSA) is 50.7 Å². The van der Waals surface area contributed by atoms with Crippen LogP contribution in [-0.2, 0) is 6.54 Å². The number of halogens is 1. The van der Waals surface area contributed by atoms with Crippen LogP contribution in [0.2, 0.25) is 5.02 Å². The Morgan fingerprint density at radius 3 is 2.52 bits per heavy atom. The van der Waals surface area contributed by atoms with Crippen molar-refractivity contribution in [3.63, 3.8) is 0 Å². The molecule has 0 saturated carbocycles. The van der Waals surface area contributed by atoms with Gasteiger partial charge in [0, 0.05) is 12.2 Å². The van der Waals surface area contributed by atoms with Gasteiger partial charge in [-0.05, 0) is 48.9 Å². The molecule has 0 aliphatic rings. The van der Waals surface area contributed by atoms with E-state index in [-0.39, 0.29) is 5.75 Å². The number of benzene rings is 2. The number of rotatable bonds is 6. The number of ether oxygens (including phenoxy) is 2. The Bertz CT molecular complexity index is 599. The minimum Gasteiger partial charge on any atom is -0.508 e. The zero-order valence-corrected chi connectivity index (χ0v) is 12.8. The smallest absolute Gasteiger partial charge is 0.179 e. The minimum atomic E-state index is 0.242. The van der Waals surface area contributed by atoms with Gasteiger partial charge in [-0.15, -0.1) is 0 Å². The predicted octanol–water partition coefficient (Wildman–Crippen LogP) is 4.07. The maximum Gasteiger partial charge on any atom is 0.179 e. The van der Waals surface area contributed by atoms with Gasteiger partial charge in [0.15, 0.2) is 11.5 Å². The average Bonchev–Trinajstić information content (AvgIpc) is 2.49. The molecule has 0 aromatic heterocycles. The van der Waals surface area contributed by atoms with E-state index in [0.29, 0.717) is 29.7 Å². The number of phenols is 1. The number of hydrogen-bond acceptors (Lipinski definition) is 4. The summed E-state index contributed by atoms with van der Waals surface area (Å²) in [4.78, 5) is 0. The quantitative estimate of drug-likeness (QED) is 0.790. The Morgan fingerprint density at radius 1 is 1.19 bits per heavy atom. The summed E-state index contributed by atoms with van der Waals surface area (Å²) in [6.07, 6.45) is 0. The van der Waals surface area contributed by atoms with E-state index in [1.807, 2.05) is 31.2 Å². The van der Waals surface area contributed by atoms with Gasteiger partial charge in [-0.2, -0.15) is 0 Å². The first kappa shape index (κ1) is 15.3. The zero-order valence-electron chi connectivity index (χ0n) is 12.0. The van der Waals surface area contributed by atoms with Crippen molar-refractivity contribution in [1.29, 1.82) is 0 Å². The van der Waals surface area contributed by atoms with E-state index >= 15 is 0 Å². The third kappa shape index (κ3) is 3.95. The molecule has 0 aliphatic heterocycles. The maximum atomic E-state index is 9.25. The number of aromatic hydroxyl groups is 1. The number of nitrogens with one attached hydrogen (secondary N) is 1. The van der Waals surface area contributed by atoms with Crippen molar-refractivity contribution in [1.82, 2.24) is 0 Å². The molecule has 0 radical (unpaired) electrons. The van der Waals surface area contributed by atoms with E-state index in [2.05, 4.69) is 5.32 Å². The largest absolute Gasteiger partial charge is 0.508 e. The van der Waals surface area contributed by atoms with Crippen molar-refractivity contribution in [3.8, 4) is 17.2 Å². The fraction of sp³-hybridized carbons (Fsp3) is 0.250. The molecule has 0 atom stereocenters. The molecule has 0 spiro atoms. The van der Waals surface area contributed by atoms with Gasteiger partial charge in [-0.3, -0.25) is 0 Å². The molecule has 2 aromatic rings. The molecule has 0 aliphatic carbocycles. The van der Waals surface area contributed by atoms with Gasteiger partial charge >= 0.3 is 0 Å². The van der Waals surface area contributed by atoms with Gasteiger partial charge in [0.25, 0.3) is 0 Å². The number of methoxy groups -OCH3 is 1. The SMILES string of the molecule is CCOc1c(Cl)cc(CNc2ccc(O)cc2)cc1OC. The molecular weight excluding hydrogens is 290 g/mol. The highest BCUT2D eigenvalue weighted by molar-refractivity contribution is 6.32. The van der Waals surface area contributed by atoms with Crippen LogP contribution >= 0.6 is 11.6 Å². The zero-order chi connectivity index (χ0) is 15.2. The average molecular weight is 308 g/mol. The first-order valence-electron chi connectivity index (χ1n) is 6.66. The van der Waals surface area contributed by atoms with Crippen LogP contribution in [0, 0.1) is 0 Å². The summed E-state index contributed by atoms with van der Waals surface area (Å²) in [5.41, 5.74) is 1.89. The van der Waals surface area contributed by atoms with Crippen molar-refractivity contribution in [2.24, 2.45) is 0 Å². The lowest BCUT2D eigenvalue weighted by Gasteiger charge is -2.14. The van der Waals surface area contributed by atoms with E-state index in [4.69, 9.17) is 21.1 Å². The Labute approximate surface area is 129 Å². The predicted molar refractivity (Wildman–Crippen MR) is 84.6 cm³/mol. The highest BCUT2D eigenvalue weighted by atomic mass is 35.5. The Hall–Kier alpha value is -2.07. The molecule has 4 nitrogen and oxygen atoms in total. The standard InChI is InChI=1S/C16H18ClNO3/c1-3-21-16-14(17)8-11(9-15(16)20-2)10-18-12-4-6-13(19)7-5-12/h4-9,18-19H,3,10H2,1-2H3. The molecule has 2 aromatic carbocycles. The van der Waals surface area contributed by atoms with Crippen LogP contribution in [0.5, 0.6) is 17.2 Å². The van der Waals surface area contributed by atoms with Gasteiger partial charge in [0.1, 0.15) is 5.75 Å². The summed E-state index contributed by atoms with van der Waals surface area (Å²) in [7, 11) is 1.59. The maximum absolute atomic E-state index is 9.25. The third-order valence-corrected chi connectivity index (χ3v) is 3.22. The lowest BCUT2D eigenvalue weighted by Crippen LogP contribution is -2.02. The second kappa shape index (κ2) is 7.09. The summed E-state index contributed by atoms with van der Waals surface area (Å²) in [5.74, 6) is 1.42. The van der Waals surface area contributed by atoms with E-state index < -0.39 is 0 Å². The highest BCUT2D eigenvalue weighted by Gasteiger charge is 2.11. The molecule has 0 unspecified atom stereocenters. The van der Waals surface area contributed by atoms with Crippen LogP contribution < -0.4 is 14.8 Å². The van der Waals surface area contributed by atoms with Crippen molar-refractivity contribution in [3.05, 3.63) is 47.0 Å². The first-order valence-corrected chi connectivity index (χ1v) is 7.04. The van der Waals surface area contributed by atoms with Gasteiger partial charge in [-0.25, -0.2) is 0 Å². The van der Waals surface area contributed by atoms with Gasteiger partial charge in [0.05, 0.1) is 18.7 Å². The molecule has 0 amide bonds. The number of anilines is 1. The van der Waals surface area contributed by atoms with Crippen LogP contribution in [0.25, 0.3) is 0 Å². The van der Waals surface area contributed by atoms with Crippen molar-refractivity contribution in [2.45, 2.75) is 13.5 Å². The van der Waals surface area contributed by atoms with Crippen LogP contribution in [0.1, 0.15) is 12.5 Å². The molecule has 112 valence electrons. The normalized spacial score (nSPS) is 10.2. The lowest BCUT2D eigenvalue weighted by atomic mass is 10.2. The summed E-state index contributed by atoms with van der Waals surface area (Å²) in [6.45, 7) is 3.02. The minimum absolute atomic E-state index is 0.242. The van der Waals surface area contributed by atoms with Crippen LogP contribution in [0.3, 0.4) is 0 Å². The molecule has 0 saturated heterocycles. The van der Waals surface area contributed by atoms with Crippen molar-refractivity contribution < 1.29 is 14.6 Å². The van der Waals surface area contributed by atoms with E-state index in [9.17, 15) is 5.11 Å². The molecular formula is C16H18ClNO3. The molecule has 0 bridgehead atoms. The Balaban J connectivity index is 2.13. The summed E-state index contributed by atoms with van der Waals surface area (Å²) >= 11 is 6.23. The monoisotopic (exact) mass is 307 g/mol. The van der Waals surface area contributed by atoms with Crippen LogP contribution in [-0.4, -0.2) is 18.8 Å². The highest BCUT2D eigenvalue weighted by Crippen LogP contribution is 2.36. The second-order valence-corrected chi connectivity index (χ2v) is 4.85. The van der Waals surface area contributed by atoms with Crippen molar-refractivity contribution in [2.75, 3.05) is 19.0 Å². The molecule has 0 heterocycles. The van der Waals surface area contributed by atoms with Gasteiger partial charge in [0.2, 0.25) is 0 Å². The summed E-state index contributed by atoms with van der Waals surface area (Å²) in [6, 6.07) is 10.6. The summed E-state index contributed by atoms with van der Waals surface area (Å²) < 4.78 is 10.8. The molecule has 5 heteroatoms. The molecule has 21 heavy (non-hydrogen) atoms. The summed E-state index contributed by atoms with van der Waals surface area (Å²) in [5, 5.41) is 13.0. The molecule has 2 N–H and O–H groups in total. The van der Waals surface area contributed by atoms with E-state index in [0.717, 1.165) is 11.3 Å². The fourth-order valence-corrected chi connectivity index (χ4v) is 2.23. The van der Waals surface area contributed by atoms with E-state index in [1.54, 1.807) is 19.2 Å².